The fourth-order valence-electron chi connectivity index (χ4n) is 3.95. The van der Waals surface area contributed by atoms with Crippen LogP contribution in [-0.4, -0.2) is 40.0 Å². The van der Waals surface area contributed by atoms with Crippen LogP contribution in [0.5, 0.6) is 5.75 Å². The largest absolute Gasteiger partial charge is 0.494 e. The first-order valence-electron chi connectivity index (χ1n) is 12.1. The summed E-state index contributed by atoms with van der Waals surface area (Å²) < 4.78 is 12.8. The van der Waals surface area contributed by atoms with E-state index in [1.54, 1.807) is 36.4 Å². The first kappa shape index (κ1) is 25.0. The maximum Gasteiger partial charge on any atom is 0.251 e. The van der Waals surface area contributed by atoms with Crippen LogP contribution in [0.15, 0.2) is 71.3 Å². The molecule has 0 aliphatic rings. The number of nitrogens with zero attached hydrogens (tertiary/aromatic N) is 4. The third-order valence-corrected chi connectivity index (χ3v) is 5.74. The summed E-state index contributed by atoms with van der Waals surface area (Å²) in [7, 11) is 0. The number of carbonyl (C=O) groups excluding carboxylic acids is 2. The van der Waals surface area contributed by atoms with Crippen LogP contribution in [0.3, 0.4) is 0 Å². The number of para-hydroxylation sites is 1. The first-order valence-corrected chi connectivity index (χ1v) is 12.1. The van der Waals surface area contributed by atoms with Gasteiger partial charge in [0, 0.05) is 12.2 Å². The second-order valence-electron chi connectivity index (χ2n) is 8.82. The SMILES string of the molecule is CCOc1ccc(N(C(=O)Cn2nnc3ccccc32)C(C(=O)NCCC(C)C)c2ccco2)cc1. The van der Waals surface area contributed by atoms with Gasteiger partial charge in [-0.3, -0.25) is 14.5 Å². The van der Waals surface area contributed by atoms with Gasteiger partial charge in [-0.25, -0.2) is 4.68 Å². The van der Waals surface area contributed by atoms with E-state index < -0.39 is 6.04 Å². The zero-order valence-electron chi connectivity index (χ0n) is 20.8. The average Bonchev–Trinajstić information content (AvgIpc) is 3.54. The lowest BCUT2D eigenvalue weighted by Crippen LogP contribution is -2.45. The number of ether oxygens (including phenoxy) is 1. The Balaban J connectivity index is 1.71. The molecule has 2 aromatic heterocycles. The van der Waals surface area contributed by atoms with Gasteiger partial charge in [-0.15, -0.1) is 5.10 Å². The van der Waals surface area contributed by atoms with Crippen LogP contribution in [0, 0.1) is 5.92 Å². The number of amides is 2. The van der Waals surface area contributed by atoms with Gasteiger partial charge in [-0.1, -0.05) is 31.2 Å². The summed E-state index contributed by atoms with van der Waals surface area (Å²) in [6, 6.07) is 16.9. The van der Waals surface area contributed by atoms with Gasteiger partial charge in [-0.05, 0) is 67.8 Å². The van der Waals surface area contributed by atoms with Crippen molar-refractivity contribution in [2.75, 3.05) is 18.1 Å². The molecular formula is C27H31N5O4. The van der Waals surface area contributed by atoms with Crippen molar-refractivity contribution in [3.05, 3.63) is 72.7 Å². The van der Waals surface area contributed by atoms with Gasteiger partial charge in [-0.2, -0.15) is 0 Å². The Morgan fingerprint density at radius 2 is 1.86 bits per heavy atom. The van der Waals surface area contributed by atoms with Crippen molar-refractivity contribution >= 4 is 28.5 Å². The normalized spacial score (nSPS) is 12.0. The van der Waals surface area contributed by atoms with Crippen molar-refractivity contribution in [2.45, 2.75) is 39.8 Å². The van der Waals surface area contributed by atoms with E-state index in [2.05, 4.69) is 29.5 Å². The molecule has 0 fully saturated rings. The van der Waals surface area contributed by atoms with Crippen LogP contribution < -0.4 is 15.0 Å². The first-order chi connectivity index (χ1) is 17.5. The van der Waals surface area contributed by atoms with E-state index in [4.69, 9.17) is 9.15 Å². The molecule has 1 unspecified atom stereocenters. The van der Waals surface area contributed by atoms with E-state index in [0.29, 0.717) is 41.8 Å². The summed E-state index contributed by atoms with van der Waals surface area (Å²) in [6.07, 6.45) is 2.31. The molecule has 1 atom stereocenters. The number of nitrogens with one attached hydrogen (secondary N) is 1. The molecule has 0 radical (unpaired) electrons. The Kier molecular flexibility index (Phi) is 7.99. The molecule has 0 saturated heterocycles. The van der Waals surface area contributed by atoms with Crippen molar-refractivity contribution in [2.24, 2.45) is 5.92 Å². The highest BCUT2D eigenvalue weighted by Gasteiger charge is 2.35. The highest BCUT2D eigenvalue weighted by atomic mass is 16.5. The number of carbonyl (C=O) groups is 2. The fourth-order valence-corrected chi connectivity index (χ4v) is 3.95. The third-order valence-electron chi connectivity index (χ3n) is 5.74. The van der Waals surface area contributed by atoms with Crippen LogP contribution in [0.1, 0.15) is 39.0 Å². The molecule has 2 heterocycles. The quantitative estimate of drug-likeness (QED) is 0.336. The van der Waals surface area contributed by atoms with Gasteiger partial charge >= 0.3 is 0 Å². The minimum absolute atomic E-state index is 0.107. The maximum atomic E-state index is 13.9. The molecular weight excluding hydrogens is 458 g/mol. The molecule has 1 N–H and O–H groups in total. The van der Waals surface area contributed by atoms with Crippen molar-refractivity contribution in [3.8, 4) is 5.75 Å². The molecule has 188 valence electrons. The van der Waals surface area contributed by atoms with Gasteiger partial charge in [0.25, 0.3) is 5.91 Å². The zero-order chi connectivity index (χ0) is 25.5. The van der Waals surface area contributed by atoms with E-state index in [0.717, 1.165) is 11.9 Å². The molecule has 0 aliphatic carbocycles. The number of hydrogen-bond acceptors (Lipinski definition) is 6. The van der Waals surface area contributed by atoms with Gasteiger partial charge in [0.2, 0.25) is 5.91 Å². The Morgan fingerprint density at radius 1 is 1.08 bits per heavy atom. The highest BCUT2D eigenvalue weighted by molar-refractivity contribution is 6.01. The van der Waals surface area contributed by atoms with Crippen molar-refractivity contribution in [1.82, 2.24) is 20.3 Å². The molecule has 4 aromatic rings. The standard InChI is InChI=1S/C27H31N5O4/c1-4-35-21-13-11-20(12-14-21)32(25(33)18-31-23-9-6-5-8-22(23)29-30-31)26(24-10-7-17-36-24)27(34)28-16-15-19(2)3/h5-14,17,19,26H,4,15-16,18H2,1-3H3,(H,28,34). The predicted octanol–water partition coefficient (Wildman–Crippen LogP) is 4.36. The lowest BCUT2D eigenvalue weighted by Gasteiger charge is -2.30. The van der Waals surface area contributed by atoms with E-state index >= 15 is 0 Å². The Hall–Kier alpha value is -4.14. The Bertz CT molecular complexity index is 1280. The summed E-state index contributed by atoms with van der Waals surface area (Å²) in [5.41, 5.74) is 1.95. The molecule has 36 heavy (non-hydrogen) atoms. The maximum absolute atomic E-state index is 13.9. The number of hydrogen-bond donors (Lipinski definition) is 1. The van der Waals surface area contributed by atoms with Crippen LogP contribution in [-0.2, 0) is 16.1 Å². The number of benzene rings is 2. The number of furan rings is 1. The number of fused-ring (bicyclic) bond motifs is 1. The predicted molar refractivity (Wildman–Crippen MR) is 137 cm³/mol. The van der Waals surface area contributed by atoms with Crippen LogP contribution >= 0.6 is 0 Å². The minimum atomic E-state index is -1.01. The van der Waals surface area contributed by atoms with E-state index in [-0.39, 0.29) is 18.4 Å². The lowest BCUT2D eigenvalue weighted by atomic mass is 10.1. The summed E-state index contributed by atoms with van der Waals surface area (Å²) in [5.74, 6) is 0.804. The van der Waals surface area contributed by atoms with Crippen molar-refractivity contribution in [1.29, 1.82) is 0 Å². The Morgan fingerprint density at radius 3 is 2.56 bits per heavy atom. The topological polar surface area (TPSA) is 102 Å². The van der Waals surface area contributed by atoms with Gasteiger partial charge in [0.05, 0.1) is 18.4 Å². The molecule has 4 rings (SSSR count). The minimum Gasteiger partial charge on any atom is -0.494 e. The molecule has 0 aliphatic heterocycles. The number of aromatic nitrogens is 3. The second-order valence-corrected chi connectivity index (χ2v) is 8.82. The fraction of sp³-hybridized carbons (Fsp3) is 0.333. The van der Waals surface area contributed by atoms with E-state index in [1.807, 2.05) is 31.2 Å². The van der Waals surface area contributed by atoms with Crippen molar-refractivity contribution in [3.63, 3.8) is 0 Å². The van der Waals surface area contributed by atoms with E-state index in [1.165, 1.54) is 15.8 Å². The molecule has 0 saturated carbocycles. The second kappa shape index (κ2) is 11.5. The molecule has 0 bridgehead atoms. The molecule has 0 spiro atoms. The molecule has 2 aromatic carbocycles. The van der Waals surface area contributed by atoms with Crippen LogP contribution in [0.4, 0.5) is 5.69 Å². The Labute approximate surface area is 210 Å². The number of rotatable bonds is 11. The monoisotopic (exact) mass is 489 g/mol. The zero-order valence-corrected chi connectivity index (χ0v) is 20.8. The molecule has 2 amide bonds. The summed E-state index contributed by atoms with van der Waals surface area (Å²) >= 11 is 0. The third kappa shape index (κ3) is 5.73. The van der Waals surface area contributed by atoms with Gasteiger partial charge in [0.15, 0.2) is 6.04 Å². The number of anilines is 1. The molecule has 9 nitrogen and oxygen atoms in total. The highest BCUT2D eigenvalue weighted by Crippen LogP contribution is 2.30. The lowest BCUT2D eigenvalue weighted by molar-refractivity contribution is -0.127. The average molecular weight is 490 g/mol. The van der Waals surface area contributed by atoms with E-state index in [9.17, 15) is 9.59 Å². The van der Waals surface area contributed by atoms with Gasteiger partial charge < -0.3 is 14.5 Å². The summed E-state index contributed by atoms with van der Waals surface area (Å²) in [5, 5.41) is 11.3. The van der Waals surface area contributed by atoms with Crippen LogP contribution in [0.25, 0.3) is 11.0 Å². The molecule has 9 heteroatoms. The van der Waals surface area contributed by atoms with Crippen molar-refractivity contribution < 1.29 is 18.7 Å². The summed E-state index contributed by atoms with van der Waals surface area (Å²) in [4.78, 5) is 28.8. The van der Waals surface area contributed by atoms with Gasteiger partial charge in [0.1, 0.15) is 23.6 Å². The smallest absolute Gasteiger partial charge is 0.251 e. The summed E-state index contributed by atoms with van der Waals surface area (Å²) in [6.45, 7) is 6.99. The van der Waals surface area contributed by atoms with Crippen LogP contribution in [0.2, 0.25) is 0 Å².